The number of pyridine rings is 1. The average Bonchev–Trinajstić information content (AvgIpc) is 3.46. The summed E-state index contributed by atoms with van der Waals surface area (Å²) in [5.41, 5.74) is 0.427. The number of carbonyl (C=O) groups is 1. The number of aliphatic carboxylic acids is 1. The van der Waals surface area contributed by atoms with Gasteiger partial charge in [-0.15, -0.1) is 11.3 Å². The van der Waals surface area contributed by atoms with Gasteiger partial charge in [-0.2, -0.15) is 0 Å². The van der Waals surface area contributed by atoms with E-state index in [0.29, 0.717) is 27.0 Å². The minimum atomic E-state index is -2.64. The molecule has 38 heavy (non-hydrogen) atoms. The van der Waals surface area contributed by atoms with E-state index in [2.05, 4.69) is 4.98 Å². The Bertz CT molecular complexity index is 1530. The minimum Gasteiger partial charge on any atom is -0.479 e. The Morgan fingerprint density at radius 2 is 1.74 bits per heavy atom. The molecular formula is C25H20ClN3O6S3. The fourth-order valence-corrected chi connectivity index (χ4v) is 7.27. The first-order chi connectivity index (χ1) is 18.2. The molecule has 0 bridgehead atoms. The zero-order valence-electron chi connectivity index (χ0n) is 19.4. The van der Waals surface area contributed by atoms with Crippen LogP contribution in [0.3, 0.4) is 0 Å². The van der Waals surface area contributed by atoms with Crippen LogP contribution in [0, 0.1) is 0 Å². The van der Waals surface area contributed by atoms with Crippen molar-refractivity contribution in [3.05, 3.63) is 95.8 Å². The maximum absolute atomic E-state index is 12.6. The van der Waals surface area contributed by atoms with Crippen LogP contribution in [-0.4, -0.2) is 39.1 Å². The Morgan fingerprint density at radius 3 is 2.37 bits per heavy atom. The van der Waals surface area contributed by atoms with Crippen LogP contribution in [0.15, 0.2) is 85.2 Å². The van der Waals surface area contributed by atoms with Gasteiger partial charge in [0, 0.05) is 22.0 Å². The van der Waals surface area contributed by atoms with Gasteiger partial charge < -0.3 is 5.11 Å². The predicted molar refractivity (Wildman–Crippen MR) is 149 cm³/mol. The maximum Gasteiger partial charge on any atom is 0.331 e. The average molecular weight is 590 g/mol. The maximum atomic E-state index is 12.6. The van der Waals surface area contributed by atoms with Gasteiger partial charge in [-0.3, -0.25) is 14.1 Å². The van der Waals surface area contributed by atoms with Gasteiger partial charge in [-0.25, -0.2) is 21.8 Å². The number of nitrogens with zero attached hydrogens (tertiary/aromatic N) is 3. The van der Waals surface area contributed by atoms with Gasteiger partial charge in [-0.1, -0.05) is 35.9 Å². The minimum absolute atomic E-state index is 0.0708. The molecule has 1 aliphatic rings. The zero-order chi connectivity index (χ0) is 27.0. The molecule has 4 aromatic rings. The van der Waals surface area contributed by atoms with Crippen LogP contribution in [0.2, 0.25) is 5.02 Å². The summed E-state index contributed by atoms with van der Waals surface area (Å²) in [6, 6.07) is 20.3. The van der Waals surface area contributed by atoms with E-state index in [1.165, 1.54) is 23.7 Å². The van der Waals surface area contributed by atoms with Crippen LogP contribution in [0.25, 0.3) is 10.4 Å². The highest BCUT2D eigenvalue weighted by atomic mass is 35.5. The Labute approximate surface area is 232 Å². The summed E-state index contributed by atoms with van der Waals surface area (Å²) in [5, 5.41) is 11.2. The monoisotopic (exact) mass is 589 g/mol. The summed E-state index contributed by atoms with van der Waals surface area (Å²) < 4.78 is 47.2. The summed E-state index contributed by atoms with van der Waals surface area (Å²) in [6.07, 6.45) is 3.04. The standard InChI is InChI=1S/C25H20ClN3O6S3/c26-18-8-6-16(7-9-18)22-10-11-23(36-22)29(38(34)35)25(24(30)31)14-21(25)17-3-1-4-19(13-17)28(37(32)33)20-5-2-12-27-15-20/h1-13,15,21H,14H2,(H,30,31)(H,32,33)(H,34,35). The molecule has 0 radical (unpaired) electrons. The number of rotatable bonds is 9. The van der Waals surface area contributed by atoms with Crippen molar-refractivity contribution in [3.8, 4) is 10.4 Å². The van der Waals surface area contributed by atoms with Crippen molar-refractivity contribution in [3.63, 3.8) is 0 Å². The van der Waals surface area contributed by atoms with E-state index in [9.17, 15) is 27.4 Å². The van der Waals surface area contributed by atoms with E-state index < -0.39 is 40.0 Å². The lowest BCUT2D eigenvalue weighted by molar-refractivity contribution is -0.139. The number of carboxylic acid groups (broad SMARTS) is 1. The first-order valence-electron chi connectivity index (χ1n) is 11.1. The largest absolute Gasteiger partial charge is 0.479 e. The molecule has 5 rings (SSSR count). The van der Waals surface area contributed by atoms with Crippen molar-refractivity contribution in [1.82, 2.24) is 4.98 Å². The molecule has 2 aromatic carbocycles. The topological polar surface area (TPSA) is 131 Å². The summed E-state index contributed by atoms with van der Waals surface area (Å²) in [4.78, 5) is 17.4. The van der Waals surface area contributed by atoms with Gasteiger partial charge in [-0.05, 0) is 66.1 Å². The van der Waals surface area contributed by atoms with Crippen LogP contribution >= 0.6 is 22.9 Å². The second-order valence-corrected chi connectivity index (χ2v) is 11.6. The Kier molecular flexibility index (Phi) is 7.36. The highest BCUT2D eigenvalue weighted by Gasteiger charge is 2.67. The first kappa shape index (κ1) is 26.5. The molecule has 13 heteroatoms. The van der Waals surface area contributed by atoms with E-state index in [-0.39, 0.29) is 6.42 Å². The lowest BCUT2D eigenvalue weighted by Crippen LogP contribution is -2.45. The number of hydrogen-bond donors (Lipinski definition) is 3. The van der Waals surface area contributed by atoms with E-state index in [0.717, 1.165) is 19.1 Å². The van der Waals surface area contributed by atoms with Crippen molar-refractivity contribution in [2.75, 3.05) is 8.61 Å². The zero-order valence-corrected chi connectivity index (χ0v) is 22.6. The summed E-state index contributed by atoms with van der Waals surface area (Å²) in [5.74, 6) is -1.90. The Morgan fingerprint density at radius 1 is 1.00 bits per heavy atom. The van der Waals surface area contributed by atoms with Gasteiger partial charge in [0.2, 0.25) is 0 Å². The van der Waals surface area contributed by atoms with Crippen LogP contribution in [-0.2, 0) is 27.3 Å². The normalized spacial score (nSPS) is 19.9. The molecule has 196 valence electrons. The molecule has 4 unspecified atom stereocenters. The lowest BCUT2D eigenvalue weighted by Gasteiger charge is -2.27. The molecule has 0 aliphatic heterocycles. The molecule has 2 heterocycles. The SMILES string of the molecule is O=C(O)C1(N(c2ccc(-c3ccc(Cl)cc3)s2)S(=O)O)CC1c1cccc(N(c2cccnc2)S(=O)O)c1. The molecule has 3 N–H and O–H groups in total. The summed E-state index contributed by atoms with van der Waals surface area (Å²) >= 11 is 2.11. The molecule has 1 fully saturated rings. The first-order valence-corrected chi connectivity index (χ1v) is 14.5. The quantitative estimate of drug-likeness (QED) is 0.214. The van der Waals surface area contributed by atoms with E-state index in [1.54, 1.807) is 60.7 Å². The second kappa shape index (κ2) is 10.6. The molecule has 1 aliphatic carbocycles. The fraction of sp³-hybridized carbons (Fsp3) is 0.120. The van der Waals surface area contributed by atoms with Gasteiger partial charge >= 0.3 is 5.97 Å². The van der Waals surface area contributed by atoms with Crippen molar-refractivity contribution in [2.24, 2.45) is 0 Å². The van der Waals surface area contributed by atoms with Gasteiger partial charge in [0.25, 0.3) is 22.5 Å². The number of carboxylic acids is 1. The van der Waals surface area contributed by atoms with Gasteiger partial charge in [0.05, 0.1) is 17.6 Å². The van der Waals surface area contributed by atoms with E-state index in [4.69, 9.17) is 11.6 Å². The fourth-order valence-electron chi connectivity index (χ4n) is 4.48. The van der Waals surface area contributed by atoms with Crippen molar-refractivity contribution < 1.29 is 27.4 Å². The number of halogens is 1. The highest BCUT2D eigenvalue weighted by molar-refractivity contribution is 7.81. The lowest BCUT2D eigenvalue weighted by atomic mass is 10.1. The third kappa shape index (κ3) is 4.86. The Balaban J connectivity index is 1.51. The van der Waals surface area contributed by atoms with Crippen LogP contribution in [0.4, 0.5) is 16.4 Å². The molecule has 9 nitrogen and oxygen atoms in total. The van der Waals surface area contributed by atoms with Crippen molar-refractivity contribution >= 4 is 67.8 Å². The summed E-state index contributed by atoms with van der Waals surface area (Å²) in [6.45, 7) is 0. The molecule has 1 saturated carbocycles. The van der Waals surface area contributed by atoms with Crippen molar-refractivity contribution in [2.45, 2.75) is 17.9 Å². The number of thiophene rings is 1. The third-order valence-electron chi connectivity index (χ3n) is 6.29. The molecule has 0 spiro atoms. The summed E-state index contributed by atoms with van der Waals surface area (Å²) in [7, 11) is 0. The number of anilines is 3. The van der Waals surface area contributed by atoms with Crippen molar-refractivity contribution in [1.29, 1.82) is 0 Å². The molecule has 2 aromatic heterocycles. The Hall–Kier alpha value is -3.13. The van der Waals surface area contributed by atoms with E-state index >= 15 is 0 Å². The number of benzene rings is 2. The highest BCUT2D eigenvalue weighted by Crippen LogP contribution is 2.58. The second-order valence-electron chi connectivity index (χ2n) is 8.49. The third-order valence-corrected chi connectivity index (χ3v) is 9.34. The van der Waals surface area contributed by atoms with Crippen LogP contribution < -0.4 is 8.61 Å². The number of aromatic nitrogens is 1. The molecule has 0 saturated heterocycles. The van der Waals surface area contributed by atoms with Gasteiger partial charge in [0.1, 0.15) is 5.00 Å². The van der Waals surface area contributed by atoms with Gasteiger partial charge in [0.15, 0.2) is 5.54 Å². The molecular weight excluding hydrogens is 570 g/mol. The van der Waals surface area contributed by atoms with Crippen LogP contribution in [0.1, 0.15) is 17.9 Å². The van der Waals surface area contributed by atoms with Crippen LogP contribution in [0.5, 0.6) is 0 Å². The molecule has 0 amide bonds. The van der Waals surface area contributed by atoms with E-state index in [1.807, 2.05) is 12.1 Å². The molecule has 4 atom stereocenters. The smallest absolute Gasteiger partial charge is 0.331 e. The predicted octanol–water partition coefficient (Wildman–Crippen LogP) is 5.69. The number of hydrogen-bond acceptors (Lipinski definition) is 5.